The number of hydrogen-bond donors (Lipinski definition) is 1. The van der Waals surface area contributed by atoms with Crippen LogP contribution in [0.3, 0.4) is 0 Å². The van der Waals surface area contributed by atoms with Gasteiger partial charge >= 0.3 is 6.61 Å². The van der Waals surface area contributed by atoms with E-state index in [1.54, 1.807) is 12.1 Å². The van der Waals surface area contributed by atoms with Crippen LogP contribution in [0.2, 0.25) is 0 Å². The van der Waals surface area contributed by atoms with Crippen molar-refractivity contribution in [1.82, 2.24) is 10.2 Å². The first kappa shape index (κ1) is 14.5. The minimum Gasteiger partial charge on any atom is -0.493 e. The molecule has 2 heterocycles. The molecule has 1 aromatic carbocycles. The lowest BCUT2D eigenvalue weighted by Gasteiger charge is -2.18. The quantitative estimate of drug-likeness (QED) is 0.901. The third-order valence-corrected chi connectivity index (χ3v) is 4.32. The van der Waals surface area contributed by atoms with Gasteiger partial charge < -0.3 is 14.8 Å². The lowest BCUT2D eigenvalue weighted by atomic mass is 10.0. The van der Waals surface area contributed by atoms with E-state index in [0.717, 1.165) is 50.1 Å². The van der Waals surface area contributed by atoms with Crippen LogP contribution < -0.4 is 14.8 Å². The molecule has 2 atom stereocenters. The van der Waals surface area contributed by atoms with Crippen LogP contribution >= 0.6 is 0 Å². The highest BCUT2D eigenvalue weighted by molar-refractivity contribution is 5.43. The van der Waals surface area contributed by atoms with Crippen molar-refractivity contribution < 1.29 is 18.3 Å². The summed E-state index contributed by atoms with van der Waals surface area (Å²) in [5.41, 5.74) is 0.972. The Morgan fingerprint density at radius 1 is 1.24 bits per heavy atom. The second kappa shape index (κ2) is 6.15. The fourth-order valence-electron chi connectivity index (χ4n) is 3.35. The second-order valence-electron chi connectivity index (χ2n) is 5.74. The molecule has 0 bridgehead atoms. The Hall–Kier alpha value is -1.40. The average Bonchev–Trinajstić information content (AvgIpc) is 2.99. The SMILES string of the molecule is COc1ccc(CN2C[C@H]3CNC[C@H]3C2)cc1OC(F)F. The molecule has 2 aliphatic rings. The molecule has 0 unspecified atom stereocenters. The van der Waals surface area contributed by atoms with Crippen molar-refractivity contribution >= 4 is 0 Å². The molecule has 0 amide bonds. The van der Waals surface area contributed by atoms with Gasteiger partial charge in [0, 0.05) is 19.6 Å². The number of likely N-dealkylation sites (tertiary alicyclic amines) is 1. The van der Waals surface area contributed by atoms with Crippen molar-refractivity contribution in [2.75, 3.05) is 33.3 Å². The Morgan fingerprint density at radius 2 is 1.95 bits per heavy atom. The fraction of sp³-hybridized carbons (Fsp3) is 0.600. The van der Waals surface area contributed by atoms with Crippen molar-refractivity contribution in [2.45, 2.75) is 13.2 Å². The highest BCUT2D eigenvalue weighted by atomic mass is 19.3. The van der Waals surface area contributed by atoms with E-state index >= 15 is 0 Å². The predicted octanol–water partition coefficient (Wildman–Crippen LogP) is 1.95. The average molecular weight is 298 g/mol. The molecule has 4 nitrogen and oxygen atoms in total. The van der Waals surface area contributed by atoms with Crippen LogP contribution in [0.5, 0.6) is 11.5 Å². The number of ether oxygens (including phenoxy) is 2. The zero-order valence-electron chi connectivity index (χ0n) is 12.0. The smallest absolute Gasteiger partial charge is 0.387 e. The van der Waals surface area contributed by atoms with Crippen molar-refractivity contribution in [3.05, 3.63) is 23.8 Å². The number of benzene rings is 1. The molecule has 116 valence electrons. The second-order valence-corrected chi connectivity index (χ2v) is 5.74. The molecule has 0 radical (unpaired) electrons. The van der Waals surface area contributed by atoms with Gasteiger partial charge in [-0.2, -0.15) is 8.78 Å². The van der Waals surface area contributed by atoms with Gasteiger partial charge in [0.1, 0.15) is 0 Å². The van der Waals surface area contributed by atoms with Crippen LogP contribution in [0.4, 0.5) is 8.78 Å². The lowest BCUT2D eigenvalue weighted by molar-refractivity contribution is -0.0512. The van der Waals surface area contributed by atoms with Gasteiger partial charge in [0.2, 0.25) is 0 Å². The van der Waals surface area contributed by atoms with Crippen molar-refractivity contribution in [1.29, 1.82) is 0 Å². The first-order chi connectivity index (χ1) is 10.2. The molecule has 21 heavy (non-hydrogen) atoms. The largest absolute Gasteiger partial charge is 0.493 e. The summed E-state index contributed by atoms with van der Waals surface area (Å²) in [6, 6.07) is 5.24. The molecule has 2 aliphatic heterocycles. The molecule has 3 rings (SSSR count). The van der Waals surface area contributed by atoms with Gasteiger partial charge in [0.05, 0.1) is 7.11 Å². The van der Waals surface area contributed by atoms with Crippen molar-refractivity contribution in [3.63, 3.8) is 0 Å². The summed E-state index contributed by atoms with van der Waals surface area (Å²) < 4.78 is 34.4. The predicted molar refractivity (Wildman–Crippen MR) is 74.8 cm³/mol. The summed E-state index contributed by atoms with van der Waals surface area (Å²) in [4.78, 5) is 2.38. The lowest BCUT2D eigenvalue weighted by Crippen LogP contribution is -2.25. The van der Waals surface area contributed by atoms with Crippen molar-refractivity contribution in [2.24, 2.45) is 11.8 Å². The van der Waals surface area contributed by atoms with E-state index in [2.05, 4.69) is 15.0 Å². The Bertz CT molecular complexity index is 487. The number of nitrogens with one attached hydrogen (secondary N) is 1. The van der Waals surface area contributed by atoms with Gasteiger partial charge in [-0.3, -0.25) is 4.90 Å². The first-order valence-corrected chi connectivity index (χ1v) is 7.20. The number of hydrogen-bond acceptors (Lipinski definition) is 4. The first-order valence-electron chi connectivity index (χ1n) is 7.20. The van der Waals surface area contributed by atoms with Crippen molar-refractivity contribution in [3.8, 4) is 11.5 Å². The molecule has 0 saturated carbocycles. The van der Waals surface area contributed by atoms with Gasteiger partial charge in [-0.15, -0.1) is 0 Å². The van der Waals surface area contributed by atoms with Crippen LogP contribution in [-0.4, -0.2) is 44.8 Å². The van der Waals surface area contributed by atoms with Crippen LogP contribution in [0.25, 0.3) is 0 Å². The van der Waals surface area contributed by atoms with Gasteiger partial charge in [-0.05, 0) is 42.6 Å². The summed E-state index contributed by atoms with van der Waals surface area (Å²) in [5, 5.41) is 3.41. The molecule has 0 spiro atoms. The molecule has 1 aromatic rings. The Kier molecular flexibility index (Phi) is 4.26. The third-order valence-electron chi connectivity index (χ3n) is 4.32. The maximum Gasteiger partial charge on any atom is 0.387 e. The minimum absolute atomic E-state index is 0.103. The van der Waals surface area contributed by atoms with Crippen LogP contribution in [-0.2, 0) is 6.54 Å². The van der Waals surface area contributed by atoms with Crippen LogP contribution in [0.15, 0.2) is 18.2 Å². The maximum atomic E-state index is 12.4. The summed E-state index contributed by atoms with van der Waals surface area (Å²) in [7, 11) is 1.45. The molecule has 2 fully saturated rings. The Morgan fingerprint density at radius 3 is 2.57 bits per heavy atom. The molecule has 0 aliphatic carbocycles. The van der Waals surface area contributed by atoms with E-state index in [-0.39, 0.29) is 5.75 Å². The van der Waals surface area contributed by atoms with Gasteiger partial charge in [0.15, 0.2) is 11.5 Å². The van der Waals surface area contributed by atoms with E-state index in [1.807, 2.05) is 6.07 Å². The van der Waals surface area contributed by atoms with Gasteiger partial charge in [0.25, 0.3) is 0 Å². The molecule has 2 saturated heterocycles. The maximum absolute atomic E-state index is 12.4. The Labute approximate surface area is 123 Å². The monoisotopic (exact) mass is 298 g/mol. The highest BCUT2D eigenvalue weighted by Crippen LogP contribution is 2.32. The standard InChI is InChI=1S/C15H20F2N2O2/c1-20-13-3-2-10(4-14(13)21-15(16)17)7-19-8-11-5-18-6-12(11)9-19/h2-4,11-12,15,18H,5-9H2,1H3/t11-,12+. The summed E-state index contributed by atoms with van der Waals surface area (Å²) in [6.45, 7) is 2.22. The number of nitrogens with zero attached hydrogens (tertiary/aromatic N) is 1. The zero-order chi connectivity index (χ0) is 14.8. The van der Waals surface area contributed by atoms with Crippen LogP contribution in [0, 0.1) is 11.8 Å². The number of halogens is 2. The molecular formula is C15H20F2N2O2. The highest BCUT2D eigenvalue weighted by Gasteiger charge is 2.35. The number of rotatable bonds is 5. The molecule has 6 heteroatoms. The topological polar surface area (TPSA) is 33.7 Å². The van der Waals surface area contributed by atoms with Crippen LogP contribution in [0.1, 0.15) is 5.56 Å². The van der Waals surface area contributed by atoms with E-state index in [9.17, 15) is 8.78 Å². The minimum atomic E-state index is -2.84. The van der Waals surface area contributed by atoms with E-state index in [4.69, 9.17) is 4.74 Å². The fourth-order valence-corrected chi connectivity index (χ4v) is 3.35. The van der Waals surface area contributed by atoms with Gasteiger partial charge in [-0.1, -0.05) is 6.07 Å². The molecule has 1 N–H and O–H groups in total. The molecular weight excluding hydrogens is 278 g/mol. The molecule has 0 aromatic heterocycles. The van der Waals surface area contributed by atoms with Gasteiger partial charge in [-0.25, -0.2) is 0 Å². The Balaban J connectivity index is 1.68. The number of fused-ring (bicyclic) bond motifs is 1. The number of methoxy groups -OCH3 is 1. The number of alkyl halides is 2. The summed E-state index contributed by atoms with van der Waals surface area (Å²) >= 11 is 0. The van der Waals surface area contributed by atoms with E-state index < -0.39 is 6.61 Å². The van der Waals surface area contributed by atoms with E-state index in [0.29, 0.717) is 5.75 Å². The summed E-state index contributed by atoms with van der Waals surface area (Å²) in [6.07, 6.45) is 0. The summed E-state index contributed by atoms with van der Waals surface area (Å²) in [5.74, 6) is 1.88. The van der Waals surface area contributed by atoms with E-state index in [1.165, 1.54) is 7.11 Å². The zero-order valence-corrected chi connectivity index (χ0v) is 12.0. The third kappa shape index (κ3) is 3.27. The normalized spacial score (nSPS) is 25.3.